The van der Waals surface area contributed by atoms with E-state index in [4.69, 9.17) is 0 Å². The molecule has 33 heavy (non-hydrogen) atoms. The Balaban J connectivity index is 1.55. The molecule has 1 unspecified atom stereocenters. The van der Waals surface area contributed by atoms with Crippen molar-refractivity contribution in [1.29, 1.82) is 0 Å². The van der Waals surface area contributed by atoms with Gasteiger partial charge in [-0.05, 0) is 49.4 Å². The molecule has 1 aliphatic rings. The summed E-state index contributed by atoms with van der Waals surface area (Å²) in [7, 11) is 1.86. The van der Waals surface area contributed by atoms with Crippen molar-refractivity contribution < 1.29 is 9.90 Å². The van der Waals surface area contributed by atoms with Crippen LogP contribution in [-0.4, -0.2) is 37.2 Å². The Morgan fingerprint density at radius 2 is 1.82 bits per heavy atom. The van der Waals surface area contributed by atoms with Gasteiger partial charge >= 0.3 is 0 Å². The number of carbonyl (C=O) groups is 1. The molecule has 6 heteroatoms. The Bertz CT molecular complexity index is 1350. The van der Waals surface area contributed by atoms with Gasteiger partial charge in [0.2, 0.25) is 0 Å². The quantitative estimate of drug-likeness (QED) is 0.508. The van der Waals surface area contributed by atoms with Gasteiger partial charge in [-0.1, -0.05) is 54.6 Å². The molecule has 0 aliphatic heterocycles. The largest absolute Gasteiger partial charge is 0.383 e. The van der Waals surface area contributed by atoms with Crippen molar-refractivity contribution in [1.82, 2.24) is 19.7 Å². The van der Waals surface area contributed by atoms with Gasteiger partial charge in [0.1, 0.15) is 5.60 Å². The molecule has 4 aromatic rings. The second kappa shape index (κ2) is 8.12. The van der Waals surface area contributed by atoms with E-state index in [2.05, 4.69) is 16.1 Å². The van der Waals surface area contributed by atoms with Crippen molar-refractivity contribution in [2.24, 2.45) is 7.05 Å². The average Bonchev–Trinajstić information content (AvgIpc) is 3.29. The lowest BCUT2D eigenvalue weighted by Crippen LogP contribution is -2.42. The molecule has 0 saturated carbocycles. The van der Waals surface area contributed by atoms with E-state index in [1.54, 1.807) is 9.58 Å². The highest BCUT2D eigenvalue weighted by atomic mass is 16.3. The number of benzene rings is 2. The summed E-state index contributed by atoms with van der Waals surface area (Å²) in [5, 5.41) is 17.0. The first-order chi connectivity index (χ1) is 15.9. The van der Waals surface area contributed by atoms with Crippen molar-refractivity contribution in [3.63, 3.8) is 0 Å². The Hall–Kier alpha value is -3.51. The molecular formula is C27H28N4O2. The number of amides is 1. The Morgan fingerprint density at radius 1 is 1.09 bits per heavy atom. The summed E-state index contributed by atoms with van der Waals surface area (Å²) in [5.74, 6) is -0.133. The number of nitrogens with zero attached hydrogens (tertiary/aromatic N) is 4. The molecule has 0 bridgehead atoms. The molecule has 0 fully saturated rings. The first kappa shape index (κ1) is 21.3. The first-order valence-electron chi connectivity index (χ1n) is 11.3. The predicted molar refractivity (Wildman–Crippen MR) is 128 cm³/mol. The molecule has 2 heterocycles. The fourth-order valence-corrected chi connectivity index (χ4v) is 4.97. The molecule has 0 saturated heterocycles. The molecule has 2 aromatic heterocycles. The zero-order chi connectivity index (χ0) is 23.2. The number of fused-ring (bicyclic) bond motifs is 2. The van der Waals surface area contributed by atoms with Crippen molar-refractivity contribution in [3.05, 3.63) is 94.3 Å². The summed E-state index contributed by atoms with van der Waals surface area (Å²) in [6.45, 7) is 4.41. The van der Waals surface area contributed by atoms with Crippen LogP contribution in [0.1, 0.15) is 44.9 Å². The smallest absolute Gasteiger partial charge is 0.256 e. The van der Waals surface area contributed by atoms with Crippen LogP contribution in [0.25, 0.3) is 11.0 Å². The number of hydrogen-bond donors (Lipinski definition) is 1. The van der Waals surface area contributed by atoms with Crippen LogP contribution in [0.2, 0.25) is 0 Å². The Labute approximate surface area is 193 Å². The van der Waals surface area contributed by atoms with Gasteiger partial charge in [0.25, 0.3) is 5.91 Å². The SMILES string of the molecule is Cc1nc2c(cc1C(=O)N(Cc1ccccc1)CC1(O)CCc3ccccc31)c(C)nn2C. The molecule has 1 amide bonds. The van der Waals surface area contributed by atoms with E-state index in [-0.39, 0.29) is 12.5 Å². The number of aryl methyl sites for hydroxylation is 4. The molecule has 1 aliphatic carbocycles. The number of aromatic nitrogens is 3. The highest BCUT2D eigenvalue weighted by Gasteiger charge is 2.39. The monoisotopic (exact) mass is 440 g/mol. The molecule has 0 radical (unpaired) electrons. The minimum atomic E-state index is -1.07. The third-order valence-corrected chi connectivity index (χ3v) is 6.70. The van der Waals surface area contributed by atoms with Gasteiger partial charge in [-0.3, -0.25) is 9.48 Å². The molecule has 168 valence electrons. The van der Waals surface area contributed by atoms with Gasteiger partial charge in [-0.2, -0.15) is 5.10 Å². The maximum absolute atomic E-state index is 13.9. The first-order valence-corrected chi connectivity index (χ1v) is 11.3. The zero-order valence-corrected chi connectivity index (χ0v) is 19.2. The molecule has 5 rings (SSSR count). The zero-order valence-electron chi connectivity index (χ0n) is 19.2. The minimum absolute atomic E-state index is 0.133. The second-order valence-electron chi connectivity index (χ2n) is 9.04. The number of hydrogen-bond acceptors (Lipinski definition) is 4. The predicted octanol–water partition coefficient (Wildman–Crippen LogP) is 4.06. The fourth-order valence-electron chi connectivity index (χ4n) is 4.97. The third kappa shape index (κ3) is 3.80. The van der Waals surface area contributed by atoms with E-state index in [0.717, 1.165) is 39.8 Å². The fraction of sp³-hybridized carbons (Fsp3) is 0.296. The van der Waals surface area contributed by atoms with Crippen molar-refractivity contribution >= 4 is 16.9 Å². The molecule has 0 spiro atoms. The van der Waals surface area contributed by atoms with Crippen LogP contribution >= 0.6 is 0 Å². The minimum Gasteiger partial charge on any atom is -0.383 e. The molecular weight excluding hydrogens is 412 g/mol. The van der Waals surface area contributed by atoms with Gasteiger partial charge in [0, 0.05) is 19.0 Å². The van der Waals surface area contributed by atoms with E-state index >= 15 is 0 Å². The standard InChI is InChI=1S/C27H28N4O2/c1-18-23(15-22-19(2)29-30(3)25(22)28-18)26(32)31(16-20-9-5-4-6-10-20)17-27(33)14-13-21-11-7-8-12-24(21)27/h4-12,15,33H,13-14,16-17H2,1-3H3. The van der Waals surface area contributed by atoms with Gasteiger partial charge in [-0.25, -0.2) is 4.98 Å². The van der Waals surface area contributed by atoms with Crippen LogP contribution in [-0.2, 0) is 25.6 Å². The van der Waals surface area contributed by atoms with Crippen LogP contribution in [0.5, 0.6) is 0 Å². The van der Waals surface area contributed by atoms with Crippen LogP contribution in [0.15, 0.2) is 60.7 Å². The van der Waals surface area contributed by atoms with E-state index in [0.29, 0.717) is 24.2 Å². The van der Waals surface area contributed by atoms with E-state index in [1.165, 1.54) is 0 Å². The van der Waals surface area contributed by atoms with Crippen LogP contribution in [0.3, 0.4) is 0 Å². The summed E-state index contributed by atoms with van der Waals surface area (Å²) < 4.78 is 1.74. The third-order valence-electron chi connectivity index (χ3n) is 6.70. The lowest BCUT2D eigenvalue weighted by molar-refractivity contribution is 0.000391. The highest BCUT2D eigenvalue weighted by molar-refractivity contribution is 5.98. The molecule has 1 N–H and O–H groups in total. The van der Waals surface area contributed by atoms with Crippen molar-refractivity contribution in [2.75, 3.05) is 6.54 Å². The van der Waals surface area contributed by atoms with Crippen LogP contribution in [0.4, 0.5) is 0 Å². The van der Waals surface area contributed by atoms with Gasteiger partial charge in [0.15, 0.2) is 5.65 Å². The van der Waals surface area contributed by atoms with E-state index < -0.39 is 5.60 Å². The van der Waals surface area contributed by atoms with Crippen LogP contribution < -0.4 is 0 Å². The number of carbonyl (C=O) groups excluding carboxylic acids is 1. The molecule has 2 aromatic carbocycles. The summed E-state index contributed by atoms with van der Waals surface area (Å²) in [4.78, 5) is 20.4. The number of rotatable bonds is 5. The van der Waals surface area contributed by atoms with Crippen molar-refractivity contribution in [3.8, 4) is 0 Å². The molecule has 1 atom stereocenters. The van der Waals surface area contributed by atoms with Crippen molar-refractivity contribution in [2.45, 2.75) is 38.8 Å². The van der Waals surface area contributed by atoms with E-state index in [1.807, 2.05) is 75.5 Å². The van der Waals surface area contributed by atoms with Gasteiger partial charge < -0.3 is 10.0 Å². The molecule has 6 nitrogen and oxygen atoms in total. The number of aliphatic hydroxyl groups is 1. The van der Waals surface area contributed by atoms with Gasteiger partial charge in [-0.15, -0.1) is 0 Å². The van der Waals surface area contributed by atoms with Crippen LogP contribution in [0, 0.1) is 13.8 Å². The lowest BCUT2D eigenvalue weighted by Gasteiger charge is -2.33. The average molecular weight is 441 g/mol. The highest BCUT2D eigenvalue weighted by Crippen LogP contribution is 2.38. The normalized spacial score (nSPS) is 17.3. The Kier molecular flexibility index (Phi) is 5.25. The number of pyridine rings is 1. The maximum atomic E-state index is 13.9. The summed E-state index contributed by atoms with van der Waals surface area (Å²) in [5.41, 5.74) is 4.83. The lowest BCUT2D eigenvalue weighted by atomic mass is 9.94. The summed E-state index contributed by atoms with van der Waals surface area (Å²) >= 11 is 0. The summed E-state index contributed by atoms with van der Waals surface area (Å²) in [6, 6.07) is 19.8. The summed E-state index contributed by atoms with van der Waals surface area (Å²) in [6.07, 6.45) is 1.41. The second-order valence-corrected chi connectivity index (χ2v) is 9.04. The topological polar surface area (TPSA) is 71.2 Å². The Morgan fingerprint density at radius 3 is 2.61 bits per heavy atom. The van der Waals surface area contributed by atoms with Gasteiger partial charge in [0.05, 0.1) is 23.5 Å². The maximum Gasteiger partial charge on any atom is 0.256 e. The van der Waals surface area contributed by atoms with E-state index in [9.17, 15) is 9.90 Å².